The molecule has 0 heterocycles. The van der Waals surface area contributed by atoms with E-state index < -0.39 is 0 Å². The third-order valence-corrected chi connectivity index (χ3v) is 2.34. The summed E-state index contributed by atoms with van der Waals surface area (Å²) >= 11 is 0. The number of rotatable bonds is 8. The number of carbonyl (C=O) groups is 1. The summed E-state index contributed by atoms with van der Waals surface area (Å²) in [5.41, 5.74) is 5.20. The molecule has 1 amide bonds. The molecule has 0 aromatic rings. The molecular formula is C10H22N4O2. The van der Waals surface area contributed by atoms with E-state index in [1.54, 1.807) is 0 Å². The molecule has 0 aromatic carbocycles. The Balaban J connectivity index is 3.55. The summed E-state index contributed by atoms with van der Waals surface area (Å²) in [6.45, 7) is 7.86. The van der Waals surface area contributed by atoms with Gasteiger partial charge in [0.2, 0.25) is 5.91 Å². The van der Waals surface area contributed by atoms with E-state index in [1.165, 1.54) is 0 Å². The van der Waals surface area contributed by atoms with Gasteiger partial charge in [0.15, 0.2) is 0 Å². The molecule has 0 atom stereocenters. The van der Waals surface area contributed by atoms with Gasteiger partial charge in [0.25, 0.3) is 0 Å². The summed E-state index contributed by atoms with van der Waals surface area (Å²) in [4.78, 5) is 13.5. The first-order valence-electron chi connectivity index (χ1n) is 5.59. The summed E-state index contributed by atoms with van der Waals surface area (Å²) in [5, 5.41) is 13.7. The lowest BCUT2D eigenvalue weighted by Crippen LogP contribution is -2.32. The maximum absolute atomic E-state index is 11.2. The van der Waals surface area contributed by atoms with Gasteiger partial charge in [-0.3, -0.25) is 4.79 Å². The van der Waals surface area contributed by atoms with E-state index in [1.807, 2.05) is 0 Å². The van der Waals surface area contributed by atoms with Crippen molar-refractivity contribution in [2.75, 3.05) is 26.2 Å². The SMILES string of the molecule is CCN(CC)CCCNC(=O)C/C(N)=N/O. The zero-order valence-electron chi connectivity index (χ0n) is 10.1. The summed E-state index contributed by atoms with van der Waals surface area (Å²) in [7, 11) is 0. The molecule has 4 N–H and O–H groups in total. The quantitative estimate of drug-likeness (QED) is 0.179. The lowest BCUT2D eigenvalue weighted by molar-refractivity contribution is -0.119. The topological polar surface area (TPSA) is 91.0 Å². The Hall–Kier alpha value is -1.30. The molecule has 6 nitrogen and oxygen atoms in total. The van der Waals surface area contributed by atoms with Crippen LogP contribution in [0, 0.1) is 0 Å². The molecule has 0 spiro atoms. The van der Waals surface area contributed by atoms with Crippen LogP contribution in [0.5, 0.6) is 0 Å². The normalized spacial score (nSPS) is 11.8. The number of hydrogen-bond acceptors (Lipinski definition) is 4. The fourth-order valence-corrected chi connectivity index (χ4v) is 1.33. The van der Waals surface area contributed by atoms with Crippen molar-refractivity contribution in [2.24, 2.45) is 10.9 Å². The van der Waals surface area contributed by atoms with Gasteiger partial charge in [-0.15, -0.1) is 0 Å². The first-order valence-corrected chi connectivity index (χ1v) is 5.59. The number of oxime groups is 1. The molecule has 94 valence electrons. The average molecular weight is 230 g/mol. The van der Waals surface area contributed by atoms with Gasteiger partial charge < -0.3 is 21.2 Å². The second kappa shape index (κ2) is 8.96. The molecule has 0 aromatic heterocycles. The van der Waals surface area contributed by atoms with Crippen LogP contribution in [-0.4, -0.2) is 48.0 Å². The molecule has 0 saturated heterocycles. The van der Waals surface area contributed by atoms with Crippen molar-refractivity contribution >= 4 is 11.7 Å². The molecule has 0 bridgehead atoms. The van der Waals surface area contributed by atoms with Gasteiger partial charge in [-0.1, -0.05) is 19.0 Å². The molecule has 0 fully saturated rings. The summed E-state index contributed by atoms with van der Waals surface area (Å²) in [6.07, 6.45) is 0.853. The maximum atomic E-state index is 11.2. The van der Waals surface area contributed by atoms with Crippen molar-refractivity contribution in [3.63, 3.8) is 0 Å². The third-order valence-electron chi connectivity index (χ3n) is 2.34. The third kappa shape index (κ3) is 7.05. The van der Waals surface area contributed by atoms with Crippen molar-refractivity contribution in [3.05, 3.63) is 0 Å². The van der Waals surface area contributed by atoms with E-state index in [0.29, 0.717) is 6.54 Å². The fourth-order valence-electron chi connectivity index (χ4n) is 1.33. The lowest BCUT2D eigenvalue weighted by Gasteiger charge is -2.17. The highest BCUT2D eigenvalue weighted by atomic mass is 16.4. The van der Waals surface area contributed by atoms with Gasteiger partial charge in [-0.05, 0) is 26.1 Å². The first kappa shape index (κ1) is 14.7. The van der Waals surface area contributed by atoms with Crippen LogP contribution in [0.2, 0.25) is 0 Å². The Kier molecular flexibility index (Phi) is 8.24. The zero-order valence-corrected chi connectivity index (χ0v) is 10.1. The van der Waals surface area contributed by atoms with E-state index in [2.05, 4.69) is 29.2 Å². The average Bonchev–Trinajstić information content (AvgIpc) is 2.29. The molecule has 0 radical (unpaired) electrons. The van der Waals surface area contributed by atoms with Gasteiger partial charge >= 0.3 is 0 Å². The minimum atomic E-state index is -0.213. The summed E-state index contributed by atoms with van der Waals surface area (Å²) < 4.78 is 0. The predicted molar refractivity (Wildman–Crippen MR) is 63.4 cm³/mol. The Morgan fingerprint density at radius 2 is 2.06 bits per heavy atom. The van der Waals surface area contributed by atoms with Crippen molar-refractivity contribution in [3.8, 4) is 0 Å². The monoisotopic (exact) mass is 230 g/mol. The Bertz CT molecular complexity index is 227. The molecule has 16 heavy (non-hydrogen) atoms. The largest absolute Gasteiger partial charge is 0.409 e. The van der Waals surface area contributed by atoms with Crippen molar-refractivity contribution in [2.45, 2.75) is 26.7 Å². The van der Waals surface area contributed by atoms with Crippen molar-refractivity contribution in [1.29, 1.82) is 0 Å². The highest BCUT2D eigenvalue weighted by Crippen LogP contribution is 1.89. The number of nitrogens with one attached hydrogen (secondary N) is 1. The van der Waals surface area contributed by atoms with E-state index in [-0.39, 0.29) is 18.2 Å². The molecular weight excluding hydrogens is 208 g/mol. The van der Waals surface area contributed by atoms with Gasteiger partial charge in [-0.25, -0.2) is 0 Å². The number of hydrogen-bond donors (Lipinski definition) is 3. The van der Waals surface area contributed by atoms with Gasteiger partial charge in [0.1, 0.15) is 5.84 Å². The van der Waals surface area contributed by atoms with E-state index in [4.69, 9.17) is 10.9 Å². The Morgan fingerprint density at radius 3 is 2.56 bits per heavy atom. The van der Waals surface area contributed by atoms with E-state index in [0.717, 1.165) is 26.1 Å². The molecule has 0 aliphatic rings. The zero-order chi connectivity index (χ0) is 12.4. The van der Waals surface area contributed by atoms with Crippen LogP contribution in [0.4, 0.5) is 0 Å². The fraction of sp³-hybridized carbons (Fsp3) is 0.800. The van der Waals surface area contributed by atoms with Crippen LogP contribution in [0.1, 0.15) is 26.7 Å². The summed E-state index contributed by atoms with van der Waals surface area (Å²) in [6, 6.07) is 0. The second-order valence-corrected chi connectivity index (χ2v) is 3.50. The van der Waals surface area contributed by atoms with Crippen molar-refractivity contribution in [1.82, 2.24) is 10.2 Å². The first-order chi connectivity index (χ1) is 7.63. The number of amidine groups is 1. The standard InChI is InChI=1S/C10H22N4O2/c1-3-14(4-2)7-5-6-12-10(15)8-9(11)13-16/h16H,3-8H2,1-2H3,(H2,11,13)(H,12,15). The number of nitrogens with two attached hydrogens (primary N) is 1. The van der Waals surface area contributed by atoms with Gasteiger partial charge in [0.05, 0.1) is 6.42 Å². The smallest absolute Gasteiger partial charge is 0.227 e. The molecule has 0 aliphatic carbocycles. The van der Waals surface area contributed by atoms with Crippen LogP contribution >= 0.6 is 0 Å². The van der Waals surface area contributed by atoms with Gasteiger partial charge in [-0.2, -0.15) is 0 Å². The Labute approximate surface area is 96.5 Å². The molecule has 0 saturated carbocycles. The second-order valence-electron chi connectivity index (χ2n) is 3.50. The lowest BCUT2D eigenvalue weighted by atomic mass is 10.3. The van der Waals surface area contributed by atoms with Crippen LogP contribution < -0.4 is 11.1 Å². The predicted octanol–water partition coefficient (Wildman–Crippen LogP) is -0.0290. The van der Waals surface area contributed by atoms with Crippen LogP contribution in [0.3, 0.4) is 0 Å². The number of carbonyl (C=O) groups excluding carboxylic acids is 1. The highest BCUT2D eigenvalue weighted by Gasteiger charge is 2.04. The highest BCUT2D eigenvalue weighted by molar-refractivity contribution is 5.98. The molecule has 0 rings (SSSR count). The minimum absolute atomic E-state index is 0.0538. The molecule has 0 unspecified atom stereocenters. The van der Waals surface area contributed by atoms with E-state index >= 15 is 0 Å². The molecule has 0 aliphatic heterocycles. The summed E-state index contributed by atoms with van der Waals surface area (Å²) in [5.74, 6) is -0.281. The minimum Gasteiger partial charge on any atom is -0.409 e. The van der Waals surface area contributed by atoms with Crippen molar-refractivity contribution < 1.29 is 10.0 Å². The maximum Gasteiger partial charge on any atom is 0.227 e. The van der Waals surface area contributed by atoms with Crippen LogP contribution in [0.15, 0.2) is 5.16 Å². The molecule has 6 heteroatoms. The number of nitrogens with zero attached hydrogens (tertiary/aromatic N) is 2. The van der Waals surface area contributed by atoms with Crippen LogP contribution in [-0.2, 0) is 4.79 Å². The Morgan fingerprint density at radius 1 is 1.44 bits per heavy atom. The van der Waals surface area contributed by atoms with Crippen LogP contribution in [0.25, 0.3) is 0 Å². The number of amides is 1. The van der Waals surface area contributed by atoms with Gasteiger partial charge in [0, 0.05) is 6.54 Å². The van der Waals surface area contributed by atoms with E-state index in [9.17, 15) is 4.79 Å².